The van der Waals surface area contributed by atoms with Gasteiger partial charge < -0.3 is 14.8 Å². The molecule has 2 aromatic rings. The van der Waals surface area contributed by atoms with Gasteiger partial charge in [0.25, 0.3) is 5.91 Å². The molecule has 0 spiro atoms. The van der Waals surface area contributed by atoms with Gasteiger partial charge >= 0.3 is 0 Å². The summed E-state index contributed by atoms with van der Waals surface area (Å²) in [6.45, 7) is 2.31. The van der Waals surface area contributed by atoms with Crippen molar-refractivity contribution in [1.29, 1.82) is 0 Å². The molecule has 4 nitrogen and oxygen atoms in total. The van der Waals surface area contributed by atoms with Gasteiger partial charge in [0, 0.05) is 22.7 Å². The summed E-state index contributed by atoms with van der Waals surface area (Å²) in [6.07, 6.45) is 0. The molecule has 0 radical (unpaired) electrons. The molecule has 0 unspecified atom stereocenters. The molecule has 22 heavy (non-hydrogen) atoms. The molecule has 116 valence electrons. The zero-order chi connectivity index (χ0) is 16.1. The molecule has 0 aliphatic rings. The number of hydrogen-bond acceptors (Lipinski definition) is 3. The van der Waals surface area contributed by atoms with Crippen molar-refractivity contribution in [1.82, 2.24) is 5.32 Å². The molecule has 2 aromatic carbocycles. The smallest absolute Gasteiger partial charge is 0.251 e. The topological polar surface area (TPSA) is 47.6 Å². The Morgan fingerprint density at radius 3 is 2.14 bits per heavy atom. The first-order chi connectivity index (χ1) is 10.5. The lowest BCUT2D eigenvalue weighted by Gasteiger charge is -2.12. The number of hydrogen-bond donors (Lipinski definition) is 1. The van der Waals surface area contributed by atoms with Crippen LogP contribution in [0.15, 0.2) is 36.4 Å². The third-order valence-corrected chi connectivity index (χ3v) is 3.63. The molecule has 0 atom stereocenters. The molecular formula is C17H18ClNO3. The van der Waals surface area contributed by atoms with E-state index in [1.54, 1.807) is 38.5 Å². The fraction of sp³-hybridized carbons (Fsp3) is 0.235. The molecule has 1 N–H and O–H groups in total. The number of halogens is 1. The molecule has 0 aliphatic heterocycles. The lowest BCUT2D eigenvalue weighted by atomic mass is 10.1. The summed E-state index contributed by atoms with van der Waals surface area (Å²) < 4.78 is 10.6. The zero-order valence-electron chi connectivity index (χ0n) is 12.8. The Balaban J connectivity index is 2.13. The maximum Gasteiger partial charge on any atom is 0.251 e. The van der Waals surface area contributed by atoms with E-state index in [1.807, 2.05) is 19.1 Å². The Morgan fingerprint density at radius 1 is 1.09 bits per heavy atom. The van der Waals surface area contributed by atoms with E-state index in [9.17, 15) is 4.79 Å². The van der Waals surface area contributed by atoms with E-state index >= 15 is 0 Å². The molecule has 0 heterocycles. The lowest BCUT2D eigenvalue weighted by Crippen LogP contribution is -2.23. The first kappa shape index (κ1) is 16.2. The van der Waals surface area contributed by atoms with Crippen LogP contribution in [0.4, 0.5) is 0 Å². The minimum absolute atomic E-state index is 0.188. The highest BCUT2D eigenvalue weighted by Gasteiger charge is 2.13. The first-order valence-electron chi connectivity index (χ1n) is 6.80. The minimum Gasteiger partial charge on any atom is -0.496 e. The number of rotatable bonds is 5. The summed E-state index contributed by atoms with van der Waals surface area (Å²) in [5, 5.41) is 3.53. The number of nitrogens with one attached hydrogen (secondary N) is 1. The summed E-state index contributed by atoms with van der Waals surface area (Å²) in [4.78, 5) is 12.3. The number of amides is 1. The normalized spacial score (nSPS) is 10.2. The Bertz CT molecular complexity index is 643. The van der Waals surface area contributed by atoms with E-state index in [4.69, 9.17) is 21.1 Å². The molecule has 1 amide bonds. The van der Waals surface area contributed by atoms with Crippen LogP contribution < -0.4 is 14.8 Å². The van der Waals surface area contributed by atoms with Crippen LogP contribution in [0.1, 0.15) is 21.5 Å². The monoisotopic (exact) mass is 319 g/mol. The van der Waals surface area contributed by atoms with E-state index in [-0.39, 0.29) is 5.91 Å². The van der Waals surface area contributed by atoms with Crippen molar-refractivity contribution in [2.24, 2.45) is 0 Å². The van der Waals surface area contributed by atoms with E-state index in [0.29, 0.717) is 28.6 Å². The van der Waals surface area contributed by atoms with Gasteiger partial charge in [0.15, 0.2) is 0 Å². The Hall–Kier alpha value is -2.20. The highest BCUT2D eigenvalue weighted by molar-refractivity contribution is 6.30. The van der Waals surface area contributed by atoms with Crippen LogP contribution in [0.3, 0.4) is 0 Å². The van der Waals surface area contributed by atoms with Crippen LogP contribution in [0.5, 0.6) is 11.5 Å². The second-order valence-electron chi connectivity index (χ2n) is 4.81. The summed E-state index contributed by atoms with van der Waals surface area (Å²) in [7, 11) is 3.13. The minimum atomic E-state index is -0.188. The van der Waals surface area contributed by atoms with Crippen molar-refractivity contribution in [3.05, 3.63) is 58.1 Å². The highest BCUT2D eigenvalue weighted by atomic mass is 35.5. The van der Waals surface area contributed by atoms with Crippen LogP contribution in [-0.2, 0) is 6.54 Å². The van der Waals surface area contributed by atoms with E-state index < -0.39 is 0 Å². The number of carbonyl (C=O) groups excluding carboxylic acids is 1. The second-order valence-corrected chi connectivity index (χ2v) is 5.25. The van der Waals surface area contributed by atoms with Gasteiger partial charge in [0.05, 0.1) is 14.2 Å². The van der Waals surface area contributed by atoms with Crippen molar-refractivity contribution in [2.75, 3.05) is 14.2 Å². The summed E-state index contributed by atoms with van der Waals surface area (Å²) >= 11 is 5.84. The van der Waals surface area contributed by atoms with Gasteiger partial charge in [-0.05, 0) is 36.8 Å². The van der Waals surface area contributed by atoms with Crippen molar-refractivity contribution in [2.45, 2.75) is 13.5 Å². The molecule has 0 fully saturated rings. The van der Waals surface area contributed by atoms with Gasteiger partial charge in [-0.1, -0.05) is 23.7 Å². The van der Waals surface area contributed by atoms with Gasteiger partial charge in [-0.2, -0.15) is 0 Å². The standard InChI is InChI=1S/C17H18ClNO3/c1-11-15(21-2)8-13(9-16(11)22-3)17(20)19-10-12-4-6-14(18)7-5-12/h4-9H,10H2,1-3H3,(H,19,20). The highest BCUT2D eigenvalue weighted by Crippen LogP contribution is 2.29. The quantitative estimate of drug-likeness (QED) is 0.916. The van der Waals surface area contributed by atoms with Gasteiger partial charge in [-0.3, -0.25) is 4.79 Å². The lowest BCUT2D eigenvalue weighted by molar-refractivity contribution is 0.0950. The fourth-order valence-corrected chi connectivity index (χ4v) is 2.23. The van der Waals surface area contributed by atoms with Gasteiger partial charge in [-0.25, -0.2) is 0 Å². The molecular weight excluding hydrogens is 302 g/mol. The predicted molar refractivity (Wildman–Crippen MR) is 86.9 cm³/mol. The predicted octanol–water partition coefficient (Wildman–Crippen LogP) is 3.60. The maximum atomic E-state index is 12.3. The SMILES string of the molecule is COc1cc(C(=O)NCc2ccc(Cl)cc2)cc(OC)c1C. The molecule has 0 saturated heterocycles. The van der Waals surface area contributed by atoms with Crippen molar-refractivity contribution in [3.63, 3.8) is 0 Å². The van der Waals surface area contributed by atoms with Gasteiger partial charge in [-0.15, -0.1) is 0 Å². The number of benzene rings is 2. The molecule has 0 saturated carbocycles. The van der Waals surface area contributed by atoms with E-state index in [0.717, 1.165) is 11.1 Å². The maximum absolute atomic E-state index is 12.3. The van der Waals surface area contributed by atoms with Crippen LogP contribution in [0.2, 0.25) is 5.02 Å². The van der Waals surface area contributed by atoms with Crippen LogP contribution in [0, 0.1) is 6.92 Å². The van der Waals surface area contributed by atoms with Gasteiger partial charge in [0.1, 0.15) is 11.5 Å². The summed E-state index contributed by atoms with van der Waals surface area (Å²) in [5.41, 5.74) is 2.33. The number of carbonyl (C=O) groups is 1. The van der Waals surface area contributed by atoms with E-state index in [2.05, 4.69) is 5.32 Å². The molecule has 5 heteroatoms. The molecule has 0 aromatic heterocycles. The van der Waals surface area contributed by atoms with Crippen LogP contribution in [0.25, 0.3) is 0 Å². The Morgan fingerprint density at radius 2 is 1.64 bits per heavy atom. The van der Waals surface area contributed by atoms with Crippen molar-refractivity contribution < 1.29 is 14.3 Å². The van der Waals surface area contributed by atoms with Crippen molar-refractivity contribution in [3.8, 4) is 11.5 Å². The van der Waals surface area contributed by atoms with Crippen molar-refractivity contribution >= 4 is 17.5 Å². The molecule has 2 rings (SSSR count). The number of methoxy groups -OCH3 is 2. The van der Waals surface area contributed by atoms with Crippen LogP contribution >= 0.6 is 11.6 Å². The fourth-order valence-electron chi connectivity index (χ4n) is 2.10. The largest absolute Gasteiger partial charge is 0.496 e. The summed E-state index contributed by atoms with van der Waals surface area (Å²) in [6, 6.07) is 10.7. The zero-order valence-corrected chi connectivity index (χ0v) is 13.5. The van der Waals surface area contributed by atoms with Crippen LogP contribution in [-0.4, -0.2) is 20.1 Å². The first-order valence-corrected chi connectivity index (χ1v) is 7.18. The third-order valence-electron chi connectivity index (χ3n) is 3.38. The number of ether oxygens (including phenoxy) is 2. The average molecular weight is 320 g/mol. The third kappa shape index (κ3) is 3.71. The average Bonchev–Trinajstić information content (AvgIpc) is 2.54. The Kier molecular flexibility index (Phi) is 5.28. The van der Waals surface area contributed by atoms with E-state index in [1.165, 1.54) is 0 Å². The molecule has 0 bridgehead atoms. The Labute approximate surface area is 135 Å². The summed E-state index contributed by atoms with van der Waals surface area (Å²) in [5.74, 6) is 1.05. The second kappa shape index (κ2) is 7.18. The molecule has 0 aliphatic carbocycles. The van der Waals surface area contributed by atoms with Gasteiger partial charge in [0.2, 0.25) is 0 Å².